The summed E-state index contributed by atoms with van der Waals surface area (Å²) in [6, 6.07) is 0. The first kappa shape index (κ1) is 60.6. The van der Waals surface area contributed by atoms with Crippen LogP contribution in [0, 0.1) is 0 Å². The zero-order valence-corrected chi connectivity index (χ0v) is 41.5. The number of allylic oxidation sites excluding steroid dienone is 18. The summed E-state index contributed by atoms with van der Waals surface area (Å²) in [6.07, 6.45) is 77.5. The molecule has 1 unspecified atom stereocenters. The van der Waals surface area contributed by atoms with Crippen LogP contribution in [0.15, 0.2) is 109 Å². The van der Waals surface area contributed by atoms with Crippen molar-refractivity contribution >= 4 is 11.9 Å². The first-order valence-corrected chi connectivity index (χ1v) is 26.4. The summed E-state index contributed by atoms with van der Waals surface area (Å²) in [5, 5.41) is 9.63. The lowest BCUT2D eigenvalue weighted by molar-refractivity contribution is -0.161. The molecule has 0 saturated heterocycles. The first-order valence-electron chi connectivity index (χ1n) is 26.4. The molecule has 0 aliphatic heterocycles. The molecule has 0 saturated carbocycles. The summed E-state index contributed by atoms with van der Waals surface area (Å²) in [5.41, 5.74) is 0. The fourth-order valence-electron chi connectivity index (χ4n) is 7.09. The fourth-order valence-corrected chi connectivity index (χ4v) is 7.09. The van der Waals surface area contributed by atoms with Gasteiger partial charge in [0.05, 0.1) is 6.61 Å². The Hall–Kier alpha value is -3.44. The highest BCUT2D eigenvalue weighted by Crippen LogP contribution is 2.14. The molecule has 0 aromatic carbocycles. The van der Waals surface area contributed by atoms with Crippen LogP contribution >= 0.6 is 0 Å². The van der Waals surface area contributed by atoms with Crippen LogP contribution in [-0.2, 0) is 19.1 Å². The minimum Gasteiger partial charge on any atom is -0.462 e. The summed E-state index contributed by atoms with van der Waals surface area (Å²) >= 11 is 0. The quantitative estimate of drug-likeness (QED) is 0.0374. The third-order valence-electron chi connectivity index (χ3n) is 11.1. The molecule has 364 valence electrons. The van der Waals surface area contributed by atoms with Gasteiger partial charge >= 0.3 is 11.9 Å². The standard InChI is InChI=1S/C59H98O5/c1-3-5-7-9-11-13-15-17-19-21-23-25-27-29-31-33-35-37-39-41-43-45-47-49-51-53-58(61)63-56-57(55-60)64-59(62)54-52-50-48-46-44-42-40-38-36-34-32-30-28-26-24-22-20-18-16-14-12-10-8-6-4-2/h6,8,12,14-15,17-18,20-21,23-24,26,30,32,36,38,42,44,57,60H,3-5,7,9-11,13,16,19,22,25,27-29,31,33-35,37,39-41,43,45-56H2,1-2H3/b8-6-,14-12-,17-15-,20-18-,23-21-,26-24-,32-30-,38-36-,44-42-. The number of rotatable bonds is 47. The van der Waals surface area contributed by atoms with E-state index in [1.54, 1.807) is 0 Å². The van der Waals surface area contributed by atoms with Gasteiger partial charge in [-0.05, 0) is 103 Å². The molecule has 1 N–H and O–H groups in total. The van der Waals surface area contributed by atoms with E-state index in [1.165, 1.54) is 109 Å². The van der Waals surface area contributed by atoms with Crippen molar-refractivity contribution in [3.8, 4) is 0 Å². The van der Waals surface area contributed by atoms with Gasteiger partial charge in [0.25, 0.3) is 0 Å². The van der Waals surface area contributed by atoms with E-state index in [-0.39, 0.29) is 25.2 Å². The van der Waals surface area contributed by atoms with Crippen molar-refractivity contribution in [1.82, 2.24) is 0 Å². The van der Waals surface area contributed by atoms with Gasteiger partial charge in [-0.1, -0.05) is 226 Å². The van der Waals surface area contributed by atoms with E-state index < -0.39 is 6.10 Å². The fraction of sp³-hybridized carbons (Fsp3) is 0.661. The Kier molecular flexibility index (Phi) is 51.0. The molecule has 0 heterocycles. The molecule has 0 amide bonds. The lowest BCUT2D eigenvalue weighted by Crippen LogP contribution is -2.28. The van der Waals surface area contributed by atoms with Crippen LogP contribution in [0.4, 0.5) is 0 Å². The van der Waals surface area contributed by atoms with Crippen LogP contribution in [0.25, 0.3) is 0 Å². The molecule has 0 aliphatic carbocycles. The van der Waals surface area contributed by atoms with Crippen LogP contribution in [0.3, 0.4) is 0 Å². The van der Waals surface area contributed by atoms with E-state index in [1.807, 2.05) is 0 Å². The minimum absolute atomic E-state index is 0.0859. The molecule has 0 spiro atoms. The maximum absolute atomic E-state index is 12.3. The van der Waals surface area contributed by atoms with Gasteiger partial charge in [-0.2, -0.15) is 0 Å². The van der Waals surface area contributed by atoms with Crippen LogP contribution < -0.4 is 0 Å². The summed E-state index contributed by atoms with van der Waals surface area (Å²) in [4.78, 5) is 24.5. The summed E-state index contributed by atoms with van der Waals surface area (Å²) < 4.78 is 10.7. The SMILES string of the molecule is CC/C=C\C/C=C\C/C=C\C/C=C\C/C=C\C/C=C\C/C=C\CCCCCC(=O)OC(CO)COC(=O)CCCCCCCCCCCCCCC/C=C\C/C=C\CCCCCCC. The summed E-state index contributed by atoms with van der Waals surface area (Å²) in [6.45, 7) is 3.99. The molecule has 0 aromatic rings. The molecule has 0 aliphatic rings. The zero-order valence-electron chi connectivity index (χ0n) is 41.5. The second-order valence-corrected chi connectivity index (χ2v) is 17.2. The van der Waals surface area contributed by atoms with Crippen molar-refractivity contribution in [1.29, 1.82) is 0 Å². The topological polar surface area (TPSA) is 72.8 Å². The Morgan fingerprint density at radius 3 is 1.03 bits per heavy atom. The molecule has 0 radical (unpaired) electrons. The molecule has 0 fully saturated rings. The van der Waals surface area contributed by atoms with Gasteiger partial charge in [0.15, 0.2) is 6.10 Å². The van der Waals surface area contributed by atoms with E-state index in [0.29, 0.717) is 12.8 Å². The summed E-state index contributed by atoms with van der Waals surface area (Å²) in [5.74, 6) is -0.633. The number of unbranched alkanes of at least 4 members (excludes halogenated alkanes) is 21. The maximum Gasteiger partial charge on any atom is 0.306 e. The molecule has 5 heteroatoms. The van der Waals surface area contributed by atoms with Gasteiger partial charge in [0.2, 0.25) is 0 Å². The maximum atomic E-state index is 12.3. The normalized spacial score (nSPS) is 13.1. The third kappa shape index (κ3) is 51.2. The highest BCUT2D eigenvalue weighted by Gasteiger charge is 2.16. The molecule has 0 rings (SSSR count). The van der Waals surface area contributed by atoms with Gasteiger partial charge in [-0.3, -0.25) is 9.59 Å². The average molecular weight is 887 g/mol. The Balaban J connectivity index is 3.60. The molecular formula is C59H98O5. The number of aliphatic hydroxyl groups is 1. The van der Waals surface area contributed by atoms with Crippen molar-refractivity contribution in [3.05, 3.63) is 109 Å². The molecule has 5 nitrogen and oxygen atoms in total. The van der Waals surface area contributed by atoms with Gasteiger partial charge in [0.1, 0.15) is 6.61 Å². The van der Waals surface area contributed by atoms with Crippen LogP contribution in [0.1, 0.15) is 232 Å². The number of hydrogen-bond donors (Lipinski definition) is 1. The highest BCUT2D eigenvalue weighted by molar-refractivity contribution is 5.70. The second kappa shape index (κ2) is 53.9. The first-order chi connectivity index (χ1) is 31.6. The predicted molar refractivity (Wildman–Crippen MR) is 279 cm³/mol. The Morgan fingerprint density at radius 1 is 0.375 bits per heavy atom. The van der Waals surface area contributed by atoms with E-state index in [9.17, 15) is 14.7 Å². The highest BCUT2D eigenvalue weighted by atomic mass is 16.6. The number of aliphatic hydroxyl groups excluding tert-OH is 1. The van der Waals surface area contributed by atoms with E-state index in [4.69, 9.17) is 9.47 Å². The molecular weight excluding hydrogens is 789 g/mol. The molecule has 0 aromatic heterocycles. The average Bonchev–Trinajstić information content (AvgIpc) is 3.30. The van der Waals surface area contributed by atoms with Crippen LogP contribution in [0.5, 0.6) is 0 Å². The molecule has 0 bridgehead atoms. The van der Waals surface area contributed by atoms with Crippen molar-refractivity contribution in [2.75, 3.05) is 13.2 Å². The molecule has 1 atom stereocenters. The minimum atomic E-state index is -0.798. The van der Waals surface area contributed by atoms with E-state index in [0.717, 1.165) is 96.3 Å². The third-order valence-corrected chi connectivity index (χ3v) is 11.1. The molecule has 64 heavy (non-hydrogen) atoms. The number of carbonyl (C=O) groups excluding carboxylic acids is 2. The Morgan fingerprint density at radius 2 is 0.672 bits per heavy atom. The Labute approximate surface area is 395 Å². The van der Waals surface area contributed by atoms with Gasteiger partial charge in [-0.15, -0.1) is 0 Å². The monoisotopic (exact) mass is 887 g/mol. The van der Waals surface area contributed by atoms with Gasteiger partial charge in [-0.25, -0.2) is 0 Å². The smallest absolute Gasteiger partial charge is 0.306 e. The largest absolute Gasteiger partial charge is 0.462 e. The van der Waals surface area contributed by atoms with Gasteiger partial charge in [0, 0.05) is 12.8 Å². The van der Waals surface area contributed by atoms with Crippen molar-refractivity contribution in [2.45, 2.75) is 238 Å². The lowest BCUT2D eigenvalue weighted by atomic mass is 10.0. The van der Waals surface area contributed by atoms with Crippen molar-refractivity contribution in [2.24, 2.45) is 0 Å². The summed E-state index contributed by atoms with van der Waals surface area (Å²) in [7, 11) is 0. The number of carbonyl (C=O) groups is 2. The van der Waals surface area contributed by atoms with Crippen LogP contribution in [0.2, 0.25) is 0 Å². The van der Waals surface area contributed by atoms with Crippen LogP contribution in [-0.4, -0.2) is 36.4 Å². The predicted octanol–water partition coefficient (Wildman–Crippen LogP) is 17.7. The van der Waals surface area contributed by atoms with E-state index >= 15 is 0 Å². The Bertz CT molecular complexity index is 1280. The number of esters is 2. The lowest BCUT2D eigenvalue weighted by Gasteiger charge is -2.15. The number of ether oxygens (including phenoxy) is 2. The second-order valence-electron chi connectivity index (χ2n) is 17.2. The van der Waals surface area contributed by atoms with Crippen molar-refractivity contribution < 1.29 is 24.2 Å². The van der Waals surface area contributed by atoms with Gasteiger partial charge < -0.3 is 14.6 Å². The number of hydrogen-bond acceptors (Lipinski definition) is 5. The zero-order chi connectivity index (χ0) is 46.3. The van der Waals surface area contributed by atoms with Crippen molar-refractivity contribution in [3.63, 3.8) is 0 Å². The van der Waals surface area contributed by atoms with E-state index in [2.05, 4.69) is 123 Å².